The maximum atomic E-state index is 11.8. The Bertz CT molecular complexity index is 564. The predicted octanol–water partition coefficient (Wildman–Crippen LogP) is 1.76. The topological polar surface area (TPSA) is 58.7 Å². The number of hydrogen-bond acceptors (Lipinski definition) is 4. The minimum Gasteiger partial charge on any atom is -0.299 e. The Balaban J connectivity index is 2.32. The van der Waals surface area contributed by atoms with Gasteiger partial charge in [0, 0.05) is 13.0 Å². The first-order valence-corrected chi connectivity index (χ1v) is 5.50. The first-order valence-electron chi connectivity index (χ1n) is 4.62. The SMILES string of the molecule is N#CCCCn1cnc2sccc2c1=O. The summed E-state index contributed by atoms with van der Waals surface area (Å²) in [7, 11) is 0. The third kappa shape index (κ3) is 1.90. The molecule has 0 aliphatic heterocycles. The van der Waals surface area contributed by atoms with Gasteiger partial charge in [-0.3, -0.25) is 9.36 Å². The van der Waals surface area contributed by atoms with Gasteiger partial charge in [-0.05, 0) is 17.9 Å². The molecule has 2 heterocycles. The zero-order valence-corrected chi connectivity index (χ0v) is 8.83. The minimum absolute atomic E-state index is 0.0146. The van der Waals surface area contributed by atoms with Crippen LogP contribution in [0, 0.1) is 11.3 Å². The molecule has 0 saturated heterocycles. The van der Waals surface area contributed by atoms with E-state index in [-0.39, 0.29) is 5.56 Å². The van der Waals surface area contributed by atoms with Crippen LogP contribution in [0.2, 0.25) is 0 Å². The summed E-state index contributed by atoms with van der Waals surface area (Å²) >= 11 is 1.46. The van der Waals surface area contributed by atoms with Crippen LogP contribution >= 0.6 is 11.3 Å². The molecule has 0 bridgehead atoms. The molecule has 15 heavy (non-hydrogen) atoms. The Kier molecular flexibility index (Phi) is 2.79. The van der Waals surface area contributed by atoms with Gasteiger partial charge in [0.2, 0.25) is 0 Å². The Labute approximate surface area is 90.4 Å². The molecule has 0 fully saturated rings. The van der Waals surface area contributed by atoms with Crippen molar-refractivity contribution in [1.82, 2.24) is 9.55 Å². The highest BCUT2D eigenvalue weighted by Crippen LogP contribution is 2.13. The highest BCUT2D eigenvalue weighted by Gasteiger charge is 2.03. The molecule has 0 atom stereocenters. The second-order valence-corrected chi connectivity index (χ2v) is 4.04. The molecule has 2 rings (SSSR count). The van der Waals surface area contributed by atoms with E-state index < -0.39 is 0 Å². The van der Waals surface area contributed by atoms with Gasteiger partial charge in [-0.15, -0.1) is 11.3 Å². The summed E-state index contributed by atoms with van der Waals surface area (Å²) in [4.78, 5) is 16.8. The number of nitrogens with zero attached hydrogens (tertiary/aromatic N) is 3. The number of aryl methyl sites for hydroxylation is 1. The average molecular weight is 219 g/mol. The maximum absolute atomic E-state index is 11.8. The van der Waals surface area contributed by atoms with Gasteiger partial charge >= 0.3 is 0 Å². The van der Waals surface area contributed by atoms with Crippen LogP contribution in [-0.2, 0) is 6.54 Å². The summed E-state index contributed by atoms with van der Waals surface area (Å²) in [6, 6.07) is 3.84. The highest BCUT2D eigenvalue weighted by molar-refractivity contribution is 7.16. The van der Waals surface area contributed by atoms with Crippen molar-refractivity contribution < 1.29 is 0 Å². The number of hydrogen-bond donors (Lipinski definition) is 0. The highest BCUT2D eigenvalue weighted by atomic mass is 32.1. The number of nitriles is 1. The van der Waals surface area contributed by atoms with E-state index in [4.69, 9.17) is 5.26 Å². The summed E-state index contributed by atoms with van der Waals surface area (Å²) in [5.74, 6) is 0. The zero-order valence-electron chi connectivity index (χ0n) is 8.01. The van der Waals surface area contributed by atoms with Gasteiger partial charge in [-0.1, -0.05) is 0 Å². The van der Waals surface area contributed by atoms with E-state index >= 15 is 0 Å². The monoisotopic (exact) mass is 219 g/mol. The number of thiophene rings is 1. The van der Waals surface area contributed by atoms with Gasteiger partial charge in [0.25, 0.3) is 5.56 Å². The van der Waals surface area contributed by atoms with E-state index in [0.29, 0.717) is 24.8 Å². The lowest BCUT2D eigenvalue weighted by atomic mass is 10.3. The predicted molar refractivity (Wildman–Crippen MR) is 58.7 cm³/mol. The minimum atomic E-state index is -0.0146. The van der Waals surface area contributed by atoms with E-state index in [1.54, 1.807) is 17.0 Å². The molecule has 0 unspecified atom stereocenters. The third-order valence-corrected chi connectivity index (χ3v) is 2.96. The fourth-order valence-electron chi connectivity index (χ4n) is 1.38. The van der Waals surface area contributed by atoms with Crippen molar-refractivity contribution in [1.29, 1.82) is 5.26 Å². The normalized spacial score (nSPS) is 10.3. The van der Waals surface area contributed by atoms with E-state index in [0.717, 1.165) is 4.83 Å². The molecule has 0 radical (unpaired) electrons. The number of fused-ring (bicyclic) bond motifs is 1. The van der Waals surface area contributed by atoms with Crippen LogP contribution in [-0.4, -0.2) is 9.55 Å². The van der Waals surface area contributed by atoms with Crippen molar-refractivity contribution in [3.05, 3.63) is 28.1 Å². The van der Waals surface area contributed by atoms with E-state index in [9.17, 15) is 4.79 Å². The Morgan fingerprint density at radius 3 is 3.27 bits per heavy atom. The lowest BCUT2D eigenvalue weighted by Gasteiger charge is -2.02. The third-order valence-electron chi connectivity index (χ3n) is 2.14. The molecule has 2 aromatic rings. The molecular formula is C10H9N3OS. The van der Waals surface area contributed by atoms with E-state index in [1.807, 2.05) is 5.38 Å². The Hall–Kier alpha value is -1.67. The molecule has 0 amide bonds. The summed E-state index contributed by atoms with van der Waals surface area (Å²) in [5, 5.41) is 10.9. The van der Waals surface area contributed by atoms with Crippen molar-refractivity contribution in [3.8, 4) is 6.07 Å². The smallest absolute Gasteiger partial charge is 0.262 e. The van der Waals surface area contributed by atoms with E-state index in [1.165, 1.54) is 11.3 Å². The van der Waals surface area contributed by atoms with Crippen molar-refractivity contribution >= 4 is 21.6 Å². The quantitative estimate of drug-likeness (QED) is 0.739. The molecule has 0 aliphatic carbocycles. The maximum Gasteiger partial charge on any atom is 0.262 e. The molecule has 0 aromatic carbocycles. The molecule has 0 N–H and O–H groups in total. The largest absolute Gasteiger partial charge is 0.299 e. The molecule has 76 valence electrons. The van der Waals surface area contributed by atoms with Gasteiger partial charge in [0.05, 0.1) is 17.8 Å². The zero-order chi connectivity index (χ0) is 10.7. The second kappa shape index (κ2) is 4.24. The molecule has 0 spiro atoms. The summed E-state index contributed by atoms with van der Waals surface area (Å²) in [6.45, 7) is 0.561. The fraction of sp³-hybridized carbons (Fsp3) is 0.300. The first-order chi connectivity index (χ1) is 7.33. The molecule has 2 aromatic heterocycles. The van der Waals surface area contributed by atoms with E-state index in [2.05, 4.69) is 11.1 Å². The van der Waals surface area contributed by atoms with Crippen molar-refractivity contribution in [2.24, 2.45) is 0 Å². The van der Waals surface area contributed by atoms with Crippen molar-refractivity contribution in [2.45, 2.75) is 19.4 Å². The van der Waals surface area contributed by atoms with Crippen LogP contribution in [0.5, 0.6) is 0 Å². The van der Waals surface area contributed by atoms with Gasteiger partial charge < -0.3 is 0 Å². The van der Waals surface area contributed by atoms with Crippen LogP contribution < -0.4 is 5.56 Å². The van der Waals surface area contributed by atoms with Crippen molar-refractivity contribution in [2.75, 3.05) is 0 Å². The standard InChI is InChI=1S/C10H9N3OS/c11-4-1-2-5-13-7-12-9-8(10(13)14)3-6-15-9/h3,6-7H,1-2,5H2. The average Bonchev–Trinajstić information content (AvgIpc) is 2.70. The van der Waals surface area contributed by atoms with Gasteiger partial charge in [0.1, 0.15) is 4.83 Å². The Morgan fingerprint density at radius 1 is 1.60 bits per heavy atom. The van der Waals surface area contributed by atoms with Crippen LogP contribution in [0.4, 0.5) is 0 Å². The summed E-state index contributed by atoms with van der Waals surface area (Å²) in [5.41, 5.74) is -0.0146. The van der Waals surface area contributed by atoms with Gasteiger partial charge in [0.15, 0.2) is 0 Å². The lowest BCUT2D eigenvalue weighted by Crippen LogP contribution is -2.19. The molecule has 0 aliphatic rings. The molecule has 5 heteroatoms. The number of rotatable bonds is 3. The van der Waals surface area contributed by atoms with Crippen LogP contribution in [0.3, 0.4) is 0 Å². The number of unbranched alkanes of at least 4 members (excludes halogenated alkanes) is 1. The fourth-order valence-corrected chi connectivity index (χ4v) is 2.10. The summed E-state index contributed by atoms with van der Waals surface area (Å²) < 4.78 is 1.56. The number of aromatic nitrogens is 2. The molecule has 0 saturated carbocycles. The van der Waals surface area contributed by atoms with Crippen LogP contribution in [0.1, 0.15) is 12.8 Å². The molecule has 4 nitrogen and oxygen atoms in total. The van der Waals surface area contributed by atoms with Crippen LogP contribution in [0.15, 0.2) is 22.6 Å². The Morgan fingerprint density at radius 2 is 2.47 bits per heavy atom. The molecular weight excluding hydrogens is 210 g/mol. The van der Waals surface area contributed by atoms with Gasteiger partial charge in [-0.2, -0.15) is 5.26 Å². The summed E-state index contributed by atoms with van der Waals surface area (Å²) in [6.07, 6.45) is 2.71. The van der Waals surface area contributed by atoms with Gasteiger partial charge in [-0.25, -0.2) is 4.98 Å². The second-order valence-electron chi connectivity index (χ2n) is 3.14. The van der Waals surface area contributed by atoms with Crippen LogP contribution in [0.25, 0.3) is 10.2 Å². The lowest BCUT2D eigenvalue weighted by molar-refractivity contribution is 0.627. The van der Waals surface area contributed by atoms with Crippen molar-refractivity contribution in [3.63, 3.8) is 0 Å². The first kappa shape index (κ1) is 9.87.